The average molecular weight is 237 g/mol. The largest absolute Gasteiger partial charge is 0.394 e. The number of hydrogen-bond donors (Lipinski definition) is 2. The predicted octanol–water partition coefficient (Wildman–Crippen LogP) is 2.17. The van der Waals surface area contributed by atoms with Crippen molar-refractivity contribution in [1.82, 2.24) is 9.97 Å². The minimum Gasteiger partial charge on any atom is -0.394 e. The van der Waals surface area contributed by atoms with E-state index in [1.807, 2.05) is 19.9 Å². The van der Waals surface area contributed by atoms with Crippen LogP contribution in [0.15, 0.2) is 6.07 Å². The zero-order valence-corrected chi connectivity index (χ0v) is 11.4. The summed E-state index contributed by atoms with van der Waals surface area (Å²) in [7, 11) is 0. The molecule has 0 aliphatic carbocycles. The lowest BCUT2D eigenvalue weighted by atomic mass is 9.87. The van der Waals surface area contributed by atoms with E-state index in [2.05, 4.69) is 36.1 Å². The van der Waals surface area contributed by atoms with Gasteiger partial charge < -0.3 is 10.4 Å². The van der Waals surface area contributed by atoms with Gasteiger partial charge in [0.05, 0.1) is 12.6 Å². The van der Waals surface area contributed by atoms with E-state index in [-0.39, 0.29) is 18.1 Å². The summed E-state index contributed by atoms with van der Waals surface area (Å²) in [5, 5.41) is 12.7. The predicted molar refractivity (Wildman–Crippen MR) is 70.1 cm³/mol. The van der Waals surface area contributed by atoms with Crippen LogP contribution in [-0.2, 0) is 6.42 Å². The van der Waals surface area contributed by atoms with Gasteiger partial charge in [-0.3, -0.25) is 0 Å². The SMILES string of the molecule is CCc1nc(C)cc(N[C@H](CO)C(C)(C)C)n1. The molecule has 0 unspecified atom stereocenters. The Bertz CT molecular complexity index is 371. The average Bonchev–Trinajstić information content (AvgIpc) is 2.23. The molecule has 1 atom stereocenters. The zero-order chi connectivity index (χ0) is 13.1. The van der Waals surface area contributed by atoms with Gasteiger partial charge in [0.15, 0.2) is 0 Å². The molecule has 0 aliphatic heterocycles. The van der Waals surface area contributed by atoms with E-state index in [1.54, 1.807) is 0 Å². The molecule has 0 amide bonds. The van der Waals surface area contributed by atoms with Crippen molar-refractivity contribution in [3.63, 3.8) is 0 Å². The van der Waals surface area contributed by atoms with Crippen molar-refractivity contribution in [3.05, 3.63) is 17.6 Å². The van der Waals surface area contributed by atoms with Crippen LogP contribution in [0, 0.1) is 12.3 Å². The Morgan fingerprint density at radius 3 is 2.47 bits per heavy atom. The third-order valence-corrected chi connectivity index (χ3v) is 2.77. The third kappa shape index (κ3) is 3.97. The van der Waals surface area contributed by atoms with Gasteiger partial charge in [0, 0.05) is 18.2 Å². The lowest BCUT2D eigenvalue weighted by molar-refractivity contribution is 0.201. The van der Waals surface area contributed by atoms with Crippen molar-refractivity contribution in [2.75, 3.05) is 11.9 Å². The van der Waals surface area contributed by atoms with Crippen LogP contribution < -0.4 is 5.32 Å². The van der Waals surface area contributed by atoms with Crippen LogP contribution in [0.3, 0.4) is 0 Å². The first kappa shape index (κ1) is 13.9. The van der Waals surface area contributed by atoms with E-state index in [0.717, 1.165) is 23.8 Å². The molecule has 1 heterocycles. The number of aromatic nitrogens is 2. The van der Waals surface area contributed by atoms with E-state index in [9.17, 15) is 5.11 Å². The standard InChI is InChI=1S/C13H23N3O/c1-6-11-14-9(2)7-12(16-11)15-10(8-17)13(3,4)5/h7,10,17H,6,8H2,1-5H3,(H,14,15,16)/t10-/m1/s1. The fraction of sp³-hybridized carbons (Fsp3) is 0.692. The molecule has 17 heavy (non-hydrogen) atoms. The third-order valence-electron chi connectivity index (χ3n) is 2.77. The highest BCUT2D eigenvalue weighted by Crippen LogP contribution is 2.22. The molecule has 4 heteroatoms. The van der Waals surface area contributed by atoms with Crippen molar-refractivity contribution in [2.45, 2.75) is 47.1 Å². The Morgan fingerprint density at radius 2 is 2.00 bits per heavy atom. The van der Waals surface area contributed by atoms with Crippen LogP contribution >= 0.6 is 0 Å². The van der Waals surface area contributed by atoms with Crippen LogP contribution in [0.1, 0.15) is 39.2 Å². The van der Waals surface area contributed by atoms with Crippen LogP contribution in [-0.4, -0.2) is 27.7 Å². The highest BCUT2D eigenvalue weighted by molar-refractivity contribution is 5.37. The fourth-order valence-electron chi connectivity index (χ4n) is 1.58. The van der Waals surface area contributed by atoms with Gasteiger partial charge in [-0.2, -0.15) is 0 Å². The molecule has 0 spiro atoms. The summed E-state index contributed by atoms with van der Waals surface area (Å²) >= 11 is 0. The maximum atomic E-state index is 9.41. The Kier molecular flexibility index (Phi) is 4.46. The zero-order valence-electron chi connectivity index (χ0n) is 11.4. The van der Waals surface area contributed by atoms with Gasteiger partial charge in [-0.1, -0.05) is 27.7 Å². The first-order chi connectivity index (χ1) is 7.86. The number of aliphatic hydroxyl groups excluding tert-OH is 1. The van der Waals surface area contributed by atoms with Crippen molar-refractivity contribution in [3.8, 4) is 0 Å². The van der Waals surface area contributed by atoms with Crippen molar-refractivity contribution < 1.29 is 5.11 Å². The number of rotatable bonds is 4. The first-order valence-electron chi connectivity index (χ1n) is 6.08. The van der Waals surface area contributed by atoms with Crippen LogP contribution in [0.5, 0.6) is 0 Å². The summed E-state index contributed by atoms with van der Waals surface area (Å²) in [6.45, 7) is 10.4. The fourth-order valence-corrected chi connectivity index (χ4v) is 1.58. The summed E-state index contributed by atoms with van der Waals surface area (Å²) in [5.74, 6) is 1.63. The first-order valence-corrected chi connectivity index (χ1v) is 6.08. The van der Waals surface area contributed by atoms with Crippen LogP contribution in [0.4, 0.5) is 5.82 Å². The molecular formula is C13H23N3O. The normalized spacial score (nSPS) is 13.5. The second kappa shape index (κ2) is 5.45. The van der Waals surface area contributed by atoms with Gasteiger partial charge in [0.25, 0.3) is 0 Å². The van der Waals surface area contributed by atoms with Gasteiger partial charge in [-0.15, -0.1) is 0 Å². The minimum absolute atomic E-state index is 0.0125. The Morgan fingerprint density at radius 1 is 1.35 bits per heavy atom. The van der Waals surface area contributed by atoms with E-state index in [1.165, 1.54) is 0 Å². The molecule has 0 bridgehead atoms. The Hall–Kier alpha value is -1.16. The molecule has 0 saturated carbocycles. The van der Waals surface area contributed by atoms with Gasteiger partial charge in [0.1, 0.15) is 11.6 Å². The molecule has 4 nitrogen and oxygen atoms in total. The summed E-state index contributed by atoms with van der Waals surface area (Å²) < 4.78 is 0. The maximum Gasteiger partial charge on any atom is 0.130 e. The molecule has 0 radical (unpaired) electrons. The monoisotopic (exact) mass is 237 g/mol. The maximum absolute atomic E-state index is 9.41. The number of aryl methyl sites for hydroxylation is 2. The molecule has 1 rings (SSSR count). The van der Waals surface area contributed by atoms with Gasteiger partial charge in [-0.25, -0.2) is 9.97 Å². The number of nitrogens with one attached hydrogen (secondary N) is 1. The molecule has 0 aromatic carbocycles. The Balaban J connectivity index is 2.90. The van der Waals surface area contributed by atoms with Crippen molar-refractivity contribution >= 4 is 5.82 Å². The topological polar surface area (TPSA) is 58.0 Å². The smallest absolute Gasteiger partial charge is 0.130 e. The molecule has 0 aliphatic rings. The van der Waals surface area contributed by atoms with E-state index < -0.39 is 0 Å². The lowest BCUT2D eigenvalue weighted by Gasteiger charge is -2.30. The van der Waals surface area contributed by atoms with Crippen molar-refractivity contribution in [1.29, 1.82) is 0 Å². The van der Waals surface area contributed by atoms with E-state index in [0.29, 0.717) is 0 Å². The van der Waals surface area contributed by atoms with Crippen LogP contribution in [0.25, 0.3) is 0 Å². The summed E-state index contributed by atoms with van der Waals surface area (Å²) in [6, 6.07) is 1.90. The molecule has 96 valence electrons. The summed E-state index contributed by atoms with van der Waals surface area (Å²) in [5.41, 5.74) is 0.935. The number of aliphatic hydroxyl groups is 1. The van der Waals surface area contributed by atoms with Gasteiger partial charge in [0.2, 0.25) is 0 Å². The quantitative estimate of drug-likeness (QED) is 0.842. The van der Waals surface area contributed by atoms with Crippen LogP contribution in [0.2, 0.25) is 0 Å². The molecule has 0 fully saturated rings. The van der Waals surface area contributed by atoms with E-state index >= 15 is 0 Å². The molecule has 0 saturated heterocycles. The van der Waals surface area contributed by atoms with Gasteiger partial charge >= 0.3 is 0 Å². The van der Waals surface area contributed by atoms with Gasteiger partial charge in [-0.05, 0) is 12.3 Å². The molecular weight excluding hydrogens is 214 g/mol. The summed E-state index contributed by atoms with van der Waals surface area (Å²) in [6.07, 6.45) is 0.815. The highest BCUT2D eigenvalue weighted by atomic mass is 16.3. The number of hydrogen-bond acceptors (Lipinski definition) is 4. The Labute approximate surface area is 103 Å². The molecule has 1 aromatic rings. The van der Waals surface area contributed by atoms with Crippen molar-refractivity contribution in [2.24, 2.45) is 5.41 Å². The minimum atomic E-state index is -0.0139. The summed E-state index contributed by atoms with van der Waals surface area (Å²) in [4.78, 5) is 8.75. The molecule has 1 aromatic heterocycles. The number of nitrogens with zero attached hydrogens (tertiary/aromatic N) is 2. The number of anilines is 1. The second-order valence-electron chi connectivity index (χ2n) is 5.41. The lowest BCUT2D eigenvalue weighted by Crippen LogP contribution is -2.37. The second-order valence-corrected chi connectivity index (χ2v) is 5.41. The molecule has 2 N–H and O–H groups in total. The highest BCUT2D eigenvalue weighted by Gasteiger charge is 2.24. The van der Waals surface area contributed by atoms with E-state index in [4.69, 9.17) is 0 Å².